The van der Waals surface area contributed by atoms with Gasteiger partial charge in [-0.15, -0.1) is 0 Å². The third kappa shape index (κ3) is 4.60. The molecule has 0 fully saturated rings. The maximum atomic E-state index is 12.0. The van der Waals surface area contributed by atoms with E-state index in [0.717, 1.165) is 10.9 Å². The summed E-state index contributed by atoms with van der Waals surface area (Å²) in [6.45, 7) is 12.3. The molecule has 0 unspecified atom stereocenters. The van der Waals surface area contributed by atoms with Crippen molar-refractivity contribution in [2.45, 2.75) is 46.6 Å². The van der Waals surface area contributed by atoms with Gasteiger partial charge in [-0.1, -0.05) is 41.5 Å². The number of anilines is 1. The van der Waals surface area contributed by atoms with Gasteiger partial charge in [0.05, 0.1) is 9.52 Å². The Labute approximate surface area is 112 Å². The lowest BCUT2D eigenvalue weighted by atomic mass is 9.95. The van der Waals surface area contributed by atoms with E-state index in [1.54, 1.807) is 6.20 Å². The van der Waals surface area contributed by atoms with Crippen LogP contribution in [0.5, 0.6) is 0 Å². The summed E-state index contributed by atoms with van der Waals surface area (Å²) in [5, 5.41) is 4.31. The first-order valence-electron chi connectivity index (χ1n) is 6.13. The molecule has 4 heteroatoms. The highest BCUT2D eigenvalue weighted by atomic mass is 28.2. The number of carbonyl (C=O) groups is 1. The highest BCUT2D eigenvalue weighted by molar-refractivity contribution is 6.58. The number of rotatable bonds is 2. The van der Waals surface area contributed by atoms with E-state index in [9.17, 15) is 4.79 Å². The monoisotopic (exact) mass is 262 g/mol. The normalized spacial score (nSPS) is 12.3. The number of amides is 1. The summed E-state index contributed by atoms with van der Waals surface area (Å²) in [4.78, 5) is 16.2. The molecular weight excluding hydrogens is 240 g/mol. The molecule has 1 aromatic rings. The Morgan fingerprint density at radius 1 is 1.22 bits per heavy atom. The average molecular weight is 262 g/mol. The lowest BCUT2D eigenvalue weighted by molar-refractivity contribution is -0.123. The van der Waals surface area contributed by atoms with Gasteiger partial charge >= 0.3 is 0 Å². The minimum Gasteiger partial charge on any atom is -0.326 e. The Hall–Kier alpha value is -1.16. The van der Waals surface area contributed by atoms with Gasteiger partial charge in [-0.3, -0.25) is 9.78 Å². The van der Waals surface area contributed by atoms with Crippen LogP contribution in [0.1, 0.15) is 41.5 Å². The van der Waals surface area contributed by atoms with Crippen molar-refractivity contribution in [1.82, 2.24) is 4.98 Å². The second-order valence-corrected chi connectivity index (χ2v) is 8.79. The second-order valence-electron chi connectivity index (χ2n) is 6.50. The number of aromatic nitrogens is 1. The van der Waals surface area contributed by atoms with Crippen LogP contribution in [0.2, 0.25) is 5.04 Å². The van der Waals surface area contributed by atoms with E-state index in [-0.39, 0.29) is 16.4 Å². The lowest BCUT2D eigenvalue weighted by Crippen LogP contribution is -2.33. The Bertz CT molecular complexity index is 430. The van der Waals surface area contributed by atoms with E-state index in [2.05, 4.69) is 31.1 Å². The molecule has 0 bridgehead atoms. The van der Waals surface area contributed by atoms with E-state index in [1.165, 1.54) is 0 Å². The van der Waals surface area contributed by atoms with E-state index in [0.29, 0.717) is 9.52 Å². The first kappa shape index (κ1) is 14.9. The van der Waals surface area contributed by atoms with Crippen LogP contribution in [0.4, 0.5) is 5.69 Å². The summed E-state index contributed by atoms with van der Waals surface area (Å²) in [5.41, 5.74) is 0.504. The maximum absolute atomic E-state index is 12.0. The summed E-state index contributed by atoms with van der Waals surface area (Å²) in [5.74, 6) is 0.0358. The molecule has 1 amide bonds. The molecule has 1 aromatic heterocycles. The molecule has 0 saturated heterocycles. The molecule has 0 aliphatic rings. The number of hydrogen-bond donors (Lipinski definition) is 1. The molecule has 2 radical (unpaired) electrons. The van der Waals surface area contributed by atoms with Gasteiger partial charge in [0, 0.05) is 23.5 Å². The Kier molecular flexibility index (Phi) is 4.32. The van der Waals surface area contributed by atoms with Crippen molar-refractivity contribution in [3.8, 4) is 0 Å². The van der Waals surface area contributed by atoms with Crippen LogP contribution in [0.3, 0.4) is 0 Å². The van der Waals surface area contributed by atoms with Crippen LogP contribution >= 0.6 is 0 Å². The van der Waals surface area contributed by atoms with Crippen LogP contribution in [-0.4, -0.2) is 20.4 Å². The van der Waals surface area contributed by atoms with Crippen LogP contribution < -0.4 is 10.5 Å². The molecule has 0 aliphatic carbocycles. The standard InChI is InChI=1S/C14H22N2OSi/c1-13(2,3)12(17)16-10-7-8-15-9-11(10)18-14(4,5)6/h7-9H,1-6H3,(H,15,16,17). The van der Waals surface area contributed by atoms with Crippen molar-refractivity contribution in [3.05, 3.63) is 18.5 Å². The third-order valence-electron chi connectivity index (χ3n) is 2.26. The highest BCUT2D eigenvalue weighted by Gasteiger charge is 2.23. The van der Waals surface area contributed by atoms with Crippen LogP contribution in [-0.2, 0) is 4.79 Å². The van der Waals surface area contributed by atoms with Gasteiger partial charge in [0.25, 0.3) is 0 Å². The Morgan fingerprint density at radius 2 is 1.83 bits per heavy atom. The number of hydrogen-bond acceptors (Lipinski definition) is 2. The van der Waals surface area contributed by atoms with Gasteiger partial charge in [0.1, 0.15) is 0 Å². The largest absolute Gasteiger partial charge is 0.326 e. The van der Waals surface area contributed by atoms with E-state index >= 15 is 0 Å². The highest BCUT2D eigenvalue weighted by Crippen LogP contribution is 2.21. The van der Waals surface area contributed by atoms with Crippen molar-refractivity contribution in [2.24, 2.45) is 5.41 Å². The Morgan fingerprint density at radius 3 is 2.33 bits per heavy atom. The molecule has 0 spiro atoms. The van der Waals surface area contributed by atoms with Crippen LogP contribution in [0.25, 0.3) is 0 Å². The summed E-state index contributed by atoms with van der Waals surface area (Å²) in [6.07, 6.45) is 3.57. The fourth-order valence-corrected chi connectivity index (χ4v) is 2.54. The lowest BCUT2D eigenvalue weighted by Gasteiger charge is -2.22. The number of pyridine rings is 1. The van der Waals surface area contributed by atoms with Crippen molar-refractivity contribution in [3.63, 3.8) is 0 Å². The van der Waals surface area contributed by atoms with Gasteiger partial charge in [-0.05, 0) is 16.3 Å². The first-order valence-corrected chi connectivity index (χ1v) is 7.13. The molecule has 98 valence electrons. The minimum atomic E-state index is -0.384. The van der Waals surface area contributed by atoms with Crippen molar-refractivity contribution in [2.75, 3.05) is 5.32 Å². The zero-order chi connectivity index (χ0) is 14.0. The first-order chi connectivity index (χ1) is 8.09. The third-order valence-corrected chi connectivity index (χ3v) is 3.68. The predicted octanol–water partition coefficient (Wildman–Crippen LogP) is 2.61. The summed E-state index contributed by atoms with van der Waals surface area (Å²) in [6, 6.07) is 1.87. The van der Waals surface area contributed by atoms with Crippen molar-refractivity contribution in [1.29, 1.82) is 0 Å². The van der Waals surface area contributed by atoms with Gasteiger partial charge in [-0.25, -0.2) is 0 Å². The smallest absolute Gasteiger partial charge is 0.229 e. The molecule has 3 nitrogen and oxygen atoms in total. The summed E-state index contributed by atoms with van der Waals surface area (Å²) in [7, 11) is 0.618. The summed E-state index contributed by atoms with van der Waals surface area (Å²) < 4.78 is 0. The number of nitrogens with zero attached hydrogens (tertiary/aromatic N) is 1. The zero-order valence-corrected chi connectivity index (χ0v) is 13.1. The molecule has 0 aliphatic heterocycles. The molecule has 18 heavy (non-hydrogen) atoms. The fourth-order valence-electron chi connectivity index (χ4n) is 1.32. The maximum Gasteiger partial charge on any atom is 0.229 e. The quantitative estimate of drug-likeness (QED) is 0.833. The molecular formula is C14H22N2OSi. The van der Waals surface area contributed by atoms with Crippen molar-refractivity contribution >= 4 is 26.3 Å². The SMILES string of the molecule is CC(C)(C)[Si]c1cnccc1NC(=O)C(C)(C)C. The summed E-state index contributed by atoms with van der Waals surface area (Å²) >= 11 is 0. The second kappa shape index (κ2) is 5.22. The number of carbonyl (C=O) groups excluding carboxylic acids is 1. The molecule has 1 rings (SSSR count). The molecule has 0 aromatic carbocycles. The van der Waals surface area contributed by atoms with Crippen LogP contribution in [0, 0.1) is 5.41 Å². The van der Waals surface area contributed by atoms with Gasteiger partial charge in [-0.2, -0.15) is 0 Å². The van der Waals surface area contributed by atoms with Gasteiger partial charge < -0.3 is 5.32 Å². The topological polar surface area (TPSA) is 42.0 Å². The minimum absolute atomic E-state index is 0.0358. The van der Waals surface area contributed by atoms with Crippen molar-refractivity contribution < 1.29 is 4.79 Å². The van der Waals surface area contributed by atoms with Gasteiger partial charge in [0.15, 0.2) is 0 Å². The molecule has 1 N–H and O–H groups in total. The van der Waals surface area contributed by atoms with E-state index in [4.69, 9.17) is 0 Å². The molecule has 1 heterocycles. The number of nitrogens with one attached hydrogen (secondary N) is 1. The van der Waals surface area contributed by atoms with Gasteiger partial charge in [0.2, 0.25) is 5.91 Å². The molecule has 0 saturated carbocycles. The average Bonchev–Trinajstić information content (AvgIpc) is 2.17. The van der Waals surface area contributed by atoms with E-state index in [1.807, 2.05) is 33.0 Å². The predicted molar refractivity (Wildman–Crippen MR) is 77.4 cm³/mol. The fraction of sp³-hybridized carbons (Fsp3) is 0.571. The van der Waals surface area contributed by atoms with Crippen LogP contribution in [0.15, 0.2) is 18.5 Å². The van der Waals surface area contributed by atoms with E-state index < -0.39 is 0 Å². The Balaban J connectivity index is 2.93. The zero-order valence-electron chi connectivity index (χ0n) is 12.1. The molecule has 0 atom stereocenters.